The summed E-state index contributed by atoms with van der Waals surface area (Å²) in [5, 5.41) is 20.1. The Labute approximate surface area is 85.6 Å². The molecule has 1 fully saturated rings. The first-order valence-electron chi connectivity index (χ1n) is 5.53. The molecule has 3 atom stereocenters. The molecule has 0 aromatic rings. The number of hydrogen-bond acceptors (Lipinski definition) is 2. The van der Waals surface area contributed by atoms with Crippen LogP contribution in [0.25, 0.3) is 0 Å². The normalized spacial score (nSPS) is 47.4. The van der Waals surface area contributed by atoms with Gasteiger partial charge in [0.15, 0.2) is 0 Å². The van der Waals surface area contributed by atoms with E-state index in [9.17, 15) is 10.2 Å². The fourth-order valence-electron chi connectivity index (χ4n) is 3.25. The maximum Gasteiger partial charge on any atom is 0.0760 e. The van der Waals surface area contributed by atoms with E-state index < -0.39 is 5.60 Å². The number of allylic oxidation sites excluding steroid dienone is 1. The molecule has 0 aliphatic heterocycles. The van der Waals surface area contributed by atoms with Crippen molar-refractivity contribution in [3.8, 4) is 0 Å². The van der Waals surface area contributed by atoms with Crippen molar-refractivity contribution < 1.29 is 10.2 Å². The molecule has 0 aromatic carbocycles. The SMILES string of the molecule is CC1=CC2(CO)CCC(CC1)C2(C)O. The van der Waals surface area contributed by atoms with Gasteiger partial charge in [-0.25, -0.2) is 0 Å². The van der Waals surface area contributed by atoms with Gasteiger partial charge in [-0.3, -0.25) is 0 Å². The highest BCUT2D eigenvalue weighted by Crippen LogP contribution is 2.54. The van der Waals surface area contributed by atoms with Crippen LogP contribution >= 0.6 is 0 Å². The van der Waals surface area contributed by atoms with Crippen LogP contribution in [0.15, 0.2) is 11.6 Å². The van der Waals surface area contributed by atoms with Crippen molar-refractivity contribution in [2.75, 3.05) is 6.61 Å². The highest BCUT2D eigenvalue weighted by Gasteiger charge is 2.55. The second-order valence-electron chi connectivity index (χ2n) is 5.23. The van der Waals surface area contributed by atoms with Crippen LogP contribution in [0.2, 0.25) is 0 Å². The summed E-state index contributed by atoms with van der Waals surface area (Å²) in [5.74, 6) is 0.364. The first-order valence-corrected chi connectivity index (χ1v) is 5.53. The summed E-state index contributed by atoms with van der Waals surface area (Å²) in [7, 11) is 0. The average molecular weight is 196 g/mol. The molecule has 0 heterocycles. The Morgan fingerprint density at radius 2 is 2.21 bits per heavy atom. The zero-order valence-corrected chi connectivity index (χ0v) is 9.08. The quantitative estimate of drug-likeness (QED) is 0.628. The Hall–Kier alpha value is -0.340. The van der Waals surface area contributed by atoms with Crippen molar-refractivity contribution in [1.82, 2.24) is 0 Å². The zero-order chi connectivity index (χ0) is 10.4. The smallest absolute Gasteiger partial charge is 0.0760 e. The van der Waals surface area contributed by atoms with Crippen molar-refractivity contribution in [2.24, 2.45) is 11.3 Å². The Bertz CT molecular complexity index is 267. The van der Waals surface area contributed by atoms with Gasteiger partial charge in [0.1, 0.15) is 0 Å². The van der Waals surface area contributed by atoms with Crippen molar-refractivity contribution in [3.05, 3.63) is 11.6 Å². The van der Waals surface area contributed by atoms with Crippen LogP contribution in [-0.4, -0.2) is 22.4 Å². The highest BCUT2D eigenvalue weighted by molar-refractivity contribution is 5.21. The molecule has 0 spiro atoms. The topological polar surface area (TPSA) is 40.5 Å². The molecule has 2 rings (SSSR count). The molecule has 14 heavy (non-hydrogen) atoms. The van der Waals surface area contributed by atoms with E-state index >= 15 is 0 Å². The third-order valence-corrected chi connectivity index (χ3v) is 4.43. The number of rotatable bonds is 1. The van der Waals surface area contributed by atoms with Gasteiger partial charge in [-0.1, -0.05) is 11.6 Å². The molecule has 1 saturated carbocycles. The van der Waals surface area contributed by atoms with Crippen LogP contribution in [-0.2, 0) is 0 Å². The van der Waals surface area contributed by atoms with Crippen molar-refractivity contribution in [1.29, 1.82) is 0 Å². The summed E-state index contributed by atoms with van der Waals surface area (Å²) in [4.78, 5) is 0. The molecule has 2 heteroatoms. The van der Waals surface area contributed by atoms with Gasteiger partial charge >= 0.3 is 0 Å². The first-order chi connectivity index (χ1) is 6.52. The Morgan fingerprint density at radius 1 is 1.50 bits per heavy atom. The molecule has 0 amide bonds. The molecular weight excluding hydrogens is 176 g/mol. The van der Waals surface area contributed by atoms with Gasteiger partial charge < -0.3 is 10.2 Å². The molecule has 2 nitrogen and oxygen atoms in total. The van der Waals surface area contributed by atoms with Gasteiger partial charge in [0, 0.05) is 5.41 Å². The minimum Gasteiger partial charge on any atom is -0.395 e. The van der Waals surface area contributed by atoms with Crippen LogP contribution in [0.4, 0.5) is 0 Å². The fourth-order valence-corrected chi connectivity index (χ4v) is 3.25. The second-order valence-corrected chi connectivity index (χ2v) is 5.23. The molecule has 2 aliphatic carbocycles. The summed E-state index contributed by atoms with van der Waals surface area (Å²) in [6.45, 7) is 4.08. The third kappa shape index (κ3) is 1.17. The van der Waals surface area contributed by atoms with E-state index in [-0.39, 0.29) is 12.0 Å². The summed E-state index contributed by atoms with van der Waals surface area (Å²) in [5.41, 5.74) is 0.249. The second kappa shape index (κ2) is 3.07. The van der Waals surface area contributed by atoms with E-state index in [2.05, 4.69) is 13.0 Å². The molecule has 2 N–H and O–H groups in total. The fraction of sp³-hybridized carbons (Fsp3) is 0.833. The molecular formula is C12H20O2. The highest BCUT2D eigenvalue weighted by atomic mass is 16.3. The maximum absolute atomic E-state index is 10.5. The van der Waals surface area contributed by atoms with E-state index in [1.54, 1.807) is 0 Å². The van der Waals surface area contributed by atoms with Crippen molar-refractivity contribution in [2.45, 2.75) is 45.1 Å². The van der Waals surface area contributed by atoms with Crippen molar-refractivity contribution in [3.63, 3.8) is 0 Å². The summed E-state index contributed by atoms with van der Waals surface area (Å²) < 4.78 is 0. The van der Waals surface area contributed by atoms with Crippen molar-refractivity contribution >= 4 is 0 Å². The van der Waals surface area contributed by atoms with E-state index in [4.69, 9.17) is 0 Å². The molecule has 0 radical (unpaired) electrons. The van der Waals surface area contributed by atoms with E-state index in [1.165, 1.54) is 5.57 Å². The van der Waals surface area contributed by atoms with Crippen LogP contribution < -0.4 is 0 Å². The first kappa shape index (κ1) is 10.2. The molecule has 0 saturated heterocycles. The minimum absolute atomic E-state index is 0.0772. The lowest BCUT2D eigenvalue weighted by atomic mass is 9.73. The largest absolute Gasteiger partial charge is 0.395 e. The monoisotopic (exact) mass is 196 g/mol. The third-order valence-electron chi connectivity index (χ3n) is 4.43. The lowest BCUT2D eigenvalue weighted by Gasteiger charge is -2.38. The van der Waals surface area contributed by atoms with Gasteiger partial charge in [-0.2, -0.15) is 0 Å². The van der Waals surface area contributed by atoms with Gasteiger partial charge in [-0.15, -0.1) is 0 Å². The zero-order valence-electron chi connectivity index (χ0n) is 9.08. The molecule has 2 bridgehead atoms. The Balaban J connectivity index is 2.45. The maximum atomic E-state index is 10.5. The number of aliphatic hydroxyl groups excluding tert-OH is 1. The summed E-state index contributed by atoms with van der Waals surface area (Å²) in [6, 6.07) is 0. The van der Waals surface area contributed by atoms with Gasteiger partial charge in [0.05, 0.1) is 12.2 Å². The number of hydrogen-bond donors (Lipinski definition) is 2. The summed E-state index contributed by atoms with van der Waals surface area (Å²) >= 11 is 0. The van der Waals surface area contributed by atoms with Gasteiger partial charge in [-0.05, 0) is 45.4 Å². The Kier molecular flexibility index (Phi) is 2.24. The molecule has 2 aliphatic rings. The van der Waals surface area contributed by atoms with E-state index in [0.29, 0.717) is 5.92 Å². The minimum atomic E-state index is -0.709. The number of fused-ring (bicyclic) bond motifs is 2. The lowest BCUT2D eigenvalue weighted by Crippen LogP contribution is -2.46. The molecule has 80 valence electrons. The average Bonchev–Trinajstić information content (AvgIpc) is 2.28. The van der Waals surface area contributed by atoms with Gasteiger partial charge in [0.2, 0.25) is 0 Å². The predicted octanol–water partition coefficient (Wildman–Crippen LogP) is 1.87. The standard InChI is InChI=1S/C12H20O2/c1-9-3-4-10-5-6-12(7-9,8-13)11(10,2)14/h7,10,13-14H,3-6,8H2,1-2H3. The lowest BCUT2D eigenvalue weighted by molar-refractivity contribution is -0.0732. The molecule has 3 unspecified atom stereocenters. The van der Waals surface area contributed by atoms with Crippen LogP contribution in [0.5, 0.6) is 0 Å². The van der Waals surface area contributed by atoms with Crippen LogP contribution in [0.1, 0.15) is 39.5 Å². The van der Waals surface area contributed by atoms with E-state index in [1.807, 2.05) is 6.92 Å². The summed E-state index contributed by atoms with van der Waals surface area (Å²) in [6.07, 6.45) is 6.25. The van der Waals surface area contributed by atoms with Gasteiger partial charge in [0.25, 0.3) is 0 Å². The van der Waals surface area contributed by atoms with E-state index in [0.717, 1.165) is 25.7 Å². The van der Waals surface area contributed by atoms with Crippen LogP contribution in [0.3, 0.4) is 0 Å². The van der Waals surface area contributed by atoms with Crippen LogP contribution in [0, 0.1) is 11.3 Å². The predicted molar refractivity (Wildman–Crippen MR) is 55.9 cm³/mol. The molecule has 0 aromatic heterocycles. The Morgan fingerprint density at radius 3 is 2.86 bits per heavy atom. The number of aliphatic hydroxyl groups is 2.